The number of nitrogens with zero attached hydrogens (tertiary/aromatic N) is 2. The van der Waals surface area contributed by atoms with Gasteiger partial charge in [-0.25, -0.2) is 18.4 Å². The highest BCUT2D eigenvalue weighted by molar-refractivity contribution is 7.91. The lowest BCUT2D eigenvalue weighted by Gasteiger charge is -2.22. The maximum Gasteiger partial charge on any atom is 0.259 e. The quantitative estimate of drug-likeness (QED) is 0.116. The molecule has 3 fully saturated rings. The summed E-state index contributed by atoms with van der Waals surface area (Å²) in [4.78, 5) is 50.7. The lowest BCUT2D eigenvalue weighted by atomic mass is 9.93. The first-order chi connectivity index (χ1) is 24.9. The van der Waals surface area contributed by atoms with Crippen molar-refractivity contribution in [3.05, 3.63) is 47.5 Å². The number of methoxy groups -OCH3 is 1. The fourth-order valence-electron chi connectivity index (χ4n) is 6.81. The van der Waals surface area contributed by atoms with E-state index in [2.05, 4.69) is 35.8 Å². The van der Waals surface area contributed by atoms with E-state index in [1.54, 1.807) is 7.11 Å². The Balaban J connectivity index is 1.25. The number of carbonyl (C=O) groups is 3. The Morgan fingerprint density at radius 3 is 2.42 bits per heavy atom. The Hall–Kier alpha value is -4.04. The standard InChI is InChI=1S/C38H49N5O7S2/c1-6-7-8-9-10-17-39-34(44)27-18-24(19-28(27)35(45)42-38(15-16-38)37(46)43-52(47,48)25-11-12-25)50-32-20-29(36-41-30(21-51-36)22(2)3)40-33-23(4)31(49-5)14-13-26(32)33/h6,13-14,20-22,24-25,27-28H,1,7-12,15-19H2,2-5H3,(H,39,44)(H,42,45)(H,43,46)/t24?,27?,28-/m1/s1. The zero-order chi connectivity index (χ0) is 37.2. The van der Waals surface area contributed by atoms with Gasteiger partial charge in [-0.1, -0.05) is 26.3 Å². The third-order valence-corrected chi connectivity index (χ3v) is 13.0. The van der Waals surface area contributed by atoms with Gasteiger partial charge in [0.05, 0.1) is 35.4 Å². The second-order valence-electron chi connectivity index (χ2n) is 14.6. The molecule has 14 heteroatoms. The van der Waals surface area contributed by atoms with Crippen LogP contribution in [0.2, 0.25) is 0 Å². The molecule has 6 rings (SSSR count). The number of carbonyl (C=O) groups excluding carboxylic acids is 3. The highest BCUT2D eigenvalue weighted by Crippen LogP contribution is 2.42. The van der Waals surface area contributed by atoms with Crippen molar-refractivity contribution in [2.24, 2.45) is 11.8 Å². The van der Waals surface area contributed by atoms with Gasteiger partial charge in [0.1, 0.15) is 33.8 Å². The summed E-state index contributed by atoms with van der Waals surface area (Å²) >= 11 is 1.51. The number of pyridine rings is 1. The second-order valence-corrected chi connectivity index (χ2v) is 17.4. The SMILES string of the molecule is C=CCCCCCNC(=O)C1CC(Oc2cc(-c3nc(C(C)C)cs3)nc3c(C)c(OC)ccc23)C[C@H]1C(=O)NC1(C(=O)NS(=O)(=O)C2CC2)CC1. The zero-order valence-electron chi connectivity index (χ0n) is 30.3. The maximum absolute atomic E-state index is 14.0. The van der Waals surface area contributed by atoms with Crippen molar-refractivity contribution in [1.82, 2.24) is 25.3 Å². The van der Waals surface area contributed by atoms with E-state index < -0.39 is 50.6 Å². The van der Waals surface area contributed by atoms with Gasteiger partial charge < -0.3 is 20.1 Å². The van der Waals surface area contributed by atoms with E-state index in [4.69, 9.17) is 19.4 Å². The monoisotopic (exact) mass is 751 g/mol. The molecule has 3 aliphatic carbocycles. The molecule has 3 aromatic rings. The number of hydrogen-bond acceptors (Lipinski definition) is 10. The first kappa shape index (κ1) is 37.7. The van der Waals surface area contributed by atoms with E-state index in [1.165, 1.54) is 11.3 Å². The molecule has 0 aliphatic heterocycles. The van der Waals surface area contributed by atoms with E-state index in [9.17, 15) is 22.8 Å². The Morgan fingerprint density at radius 2 is 1.79 bits per heavy atom. The van der Waals surface area contributed by atoms with Crippen LogP contribution >= 0.6 is 11.3 Å². The topological polar surface area (TPSA) is 166 Å². The van der Waals surface area contributed by atoms with Gasteiger partial charge in [0.15, 0.2) is 0 Å². The van der Waals surface area contributed by atoms with Crippen LogP contribution in [0.15, 0.2) is 36.2 Å². The molecule has 1 aromatic carbocycles. The Bertz CT molecular complexity index is 1950. The van der Waals surface area contributed by atoms with Gasteiger partial charge in [-0.2, -0.15) is 0 Å². The molecule has 0 spiro atoms. The zero-order valence-corrected chi connectivity index (χ0v) is 32.0. The Labute approximate surface area is 309 Å². The van der Waals surface area contributed by atoms with E-state index in [0.717, 1.165) is 47.3 Å². The van der Waals surface area contributed by atoms with Crippen molar-refractivity contribution in [3.63, 3.8) is 0 Å². The fourth-order valence-corrected chi connectivity index (χ4v) is 9.12. The van der Waals surface area contributed by atoms with Crippen LogP contribution in [-0.4, -0.2) is 66.7 Å². The van der Waals surface area contributed by atoms with E-state index in [1.807, 2.05) is 36.6 Å². The number of rotatable bonds is 17. The van der Waals surface area contributed by atoms with Crippen molar-refractivity contribution >= 4 is 50.0 Å². The van der Waals surface area contributed by atoms with Crippen molar-refractivity contribution in [2.75, 3.05) is 13.7 Å². The normalized spacial score (nSPS) is 20.8. The van der Waals surface area contributed by atoms with Gasteiger partial charge in [0, 0.05) is 28.9 Å². The number of thiazole rings is 1. The van der Waals surface area contributed by atoms with E-state index in [0.29, 0.717) is 54.9 Å². The molecule has 12 nitrogen and oxygen atoms in total. The number of hydrogen-bond donors (Lipinski definition) is 3. The van der Waals surface area contributed by atoms with Crippen LogP contribution in [0.3, 0.4) is 0 Å². The summed E-state index contributed by atoms with van der Waals surface area (Å²) in [5.41, 5.74) is 1.86. The molecule has 0 radical (unpaired) electrons. The minimum absolute atomic E-state index is 0.227. The molecular formula is C38H49N5O7S2. The number of nitrogens with one attached hydrogen (secondary N) is 3. The summed E-state index contributed by atoms with van der Waals surface area (Å²) in [6.45, 7) is 10.4. The summed E-state index contributed by atoms with van der Waals surface area (Å²) in [5, 5.41) is 8.86. The molecule has 3 amide bonds. The summed E-state index contributed by atoms with van der Waals surface area (Å²) in [7, 11) is -2.17. The first-order valence-corrected chi connectivity index (χ1v) is 20.7. The molecule has 52 heavy (non-hydrogen) atoms. The highest BCUT2D eigenvalue weighted by atomic mass is 32.2. The number of ether oxygens (including phenoxy) is 2. The van der Waals surface area contributed by atoms with Gasteiger partial charge >= 0.3 is 0 Å². The van der Waals surface area contributed by atoms with Crippen molar-refractivity contribution in [3.8, 4) is 22.2 Å². The number of aryl methyl sites for hydroxylation is 1. The van der Waals surface area contributed by atoms with Gasteiger partial charge in [0.25, 0.3) is 5.91 Å². The van der Waals surface area contributed by atoms with Crippen LogP contribution in [0.4, 0.5) is 0 Å². The first-order valence-electron chi connectivity index (χ1n) is 18.2. The predicted molar refractivity (Wildman–Crippen MR) is 201 cm³/mol. The van der Waals surface area contributed by atoms with Gasteiger partial charge in [-0.3, -0.25) is 19.1 Å². The Kier molecular flexibility index (Phi) is 11.3. The molecule has 0 bridgehead atoms. The summed E-state index contributed by atoms with van der Waals surface area (Å²) in [5.74, 6) is -1.43. The van der Waals surface area contributed by atoms with Crippen molar-refractivity contribution in [2.45, 2.75) is 108 Å². The molecule has 280 valence electrons. The number of sulfonamides is 1. The van der Waals surface area contributed by atoms with Crippen molar-refractivity contribution in [1.29, 1.82) is 0 Å². The average Bonchev–Trinajstić information content (AvgIpc) is 4.02. The largest absolute Gasteiger partial charge is 0.496 e. The number of fused-ring (bicyclic) bond motifs is 1. The van der Waals surface area contributed by atoms with Crippen molar-refractivity contribution < 1.29 is 32.3 Å². The smallest absolute Gasteiger partial charge is 0.259 e. The summed E-state index contributed by atoms with van der Waals surface area (Å²) < 4.78 is 39.6. The molecule has 2 unspecified atom stereocenters. The number of aromatic nitrogens is 2. The molecule has 3 saturated carbocycles. The molecule has 3 N–H and O–H groups in total. The summed E-state index contributed by atoms with van der Waals surface area (Å²) in [6, 6.07) is 5.63. The fraction of sp³-hybridized carbons (Fsp3) is 0.553. The van der Waals surface area contributed by atoms with Crippen LogP contribution in [0.1, 0.15) is 95.2 Å². The van der Waals surface area contributed by atoms with E-state index in [-0.39, 0.29) is 24.7 Å². The third-order valence-electron chi connectivity index (χ3n) is 10.3. The average molecular weight is 752 g/mol. The molecular weight excluding hydrogens is 703 g/mol. The molecule has 2 heterocycles. The lowest BCUT2D eigenvalue weighted by molar-refractivity contribution is -0.135. The van der Waals surface area contributed by atoms with Gasteiger partial charge in [-0.15, -0.1) is 17.9 Å². The molecule has 3 aliphatic rings. The lowest BCUT2D eigenvalue weighted by Crippen LogP contribution is -2.53. The van der Waals surface area contributed by atoms with Gasteiger partial charge in [-0.05, 0) is 82.8 Å². The van der Waals surface area contributed by atoms with Crippen LogP contribution < -0.4 is 24.8 Å². The second kappa shape index (κ2) is 15.5. The molecule has 2 aromatic heterocycles. The predicted octanol–water partition coefficient (Wildman–Crippen LogP) is 5.69. The maximum atomic E-state index is 14.0. The third kappa shape index (κ3) is 8.27. The minimum atomic E-state index is -3.78. The van der Waals surface area contributed by atoms with Crippen LogP contribution in [0, 0.1) is 18.8 Å². The number of benzene rings is 1. The van der Waals surface area contributed by atoms with Crippen LogP contribution in [0.25, 0.3) is 21.6 Å². The Morgan fingerprint density at radius 1 is 1.06 bits per heavy atom. The molecule has 0 saturated heterocycles. The highest BCUT2D eigenvalue weighted by Gasteiger charge is 2.55. The van der Waals surface area contributed by atoms with E-state index >= 15 is 0 Å². The number of allylic oxidation sites excluding steroid dienone is 1. The minimum Gasteiger partial charge on any atom is -0.496 e. The number of unbranched alkanes of at least 4 members (excludes halogenated alkanes) is 3. The van der Waals surface area contributed by atoms with Crippen LogP contribution in [0.5, 0.6) is 11.5 Å². The van der Waals surface area contributed by atoms with Gasteiger partial charge in [0.2, 0.25) is 21.8 Å². The molecule has 3 atom stereocenters. The number of amides is 3. The van der Waals surface area contributed by atoms with Crippen LogP contribution in [-0.2, 0) is 24.4 Å². The summed E-state index contributed by atoms with van der Waals surface area (Å²) in [6.07, 6.45) is 7.17.